The highest BCUT2D eigenvalue weighted by Gasteiger charge is 2.28. The Hall–Kier alpha value is -1.69. The van der Waals surface area contributed by atoms with E-state index in [1.54, 1.807) is 30.0 Å². The molecule has 0 unspecified atom stereocenters. The number of benzene rings is 2. The Morgan fingerprint density at radius 1 is 1.03 bits per heavy atom. The van der Waals surface area contributed by atoms with Gasteiger partial charge in [-0.15, -0.1) is 11.8 Å². The van der Waals surface area contributed by atoms with E-state index in [0.29, 0.717) is 22.3 Å². The Labute approximate surface area is 193 Å². The van der Waals surface area contributed by atoms with Crippen LogP contribution in [0.25, 0.3) is 0 Å². The minimum absolute atomic E-state index is 0.108. The summed E-state index contributed by atoms with van der Waals surface area (Å²) in [5.41, 5.74) is 1.41. The number of nitrogens with zero attached hydrogens (tertiary/aromatic N) is 1. The molecule has 0 aliphatic carbocycles. The molecule has 2 aromatic carbocycles. The lowest BCUT2D eigenvalue weighted by molar-refractivity contribution is -0.139. The summed E-state index contributed by atoms with van der Waals surface area (Å²) in [5, 5.41) is 4.13. The highest BCUT2D eigenvalue weighted by molar-refractivity contribution is 7.99. The minimum Gasteiger partial charge on any atom is -0.350 e. The Bertz CT molecular complexity index is 849. The van der Waals surface area contributed by atoms with Gasteiger partial charge >= 0.3 is 0 Å². The third kappa shape index (κ3) is 7.53. The normalized spacial score (nSPS) is 12.3. The number of hydrogen-bond donors (Lipinski definition) is 1. The Morgan fingerprint density at radius 2 is 1.63 bits per heavy atom. The van der Waals surface area contributed by atoms with E-state index in [1.807, 2.05) is 51.1 Å². The average molecular weight is 467 g/mol. The number of hydrogen-bond acceptors (Lipinski definition) is 3. The predicted molar refractivity (Wildman–Crippen MR) is 127 cm³/mol. The maximum absolute atomic E-state index is 13.1. The van der Waals surface area contributed by atoms with Crippen LogP contribution >= 0.6 is 35.0 Å². The summed E-state index contributed by atoms with van der Waals surface area (Å²) in [6.45, 7) is 7.89. The Morgan fingerprint density at radius 3 is 2.20 bits per heavy atom. The quantitative estimate of drug-likeness (QED) is 0.553. The number of halogens is 2. The molecule has 1 N–H and O–H groups in total. The van der Waals surface area contributed by atoms with Gasteiger partial charge in [-0.2, -0.15) is 0 Å². The number of rotatable bonds is 8. The van der Waals surface area contributed by atoms with E-state index >= 15 is 0 Å². The van der Waals surface area contributed by atoms with Crippen molar-refractivity contribution in [2.45, 2.75) is 51.6 Å². The molecule has 1 atom stereocenters. The molecule has 0 bridgehead atoms. The largest absolute Gasteiger partial charge is 0.350 e. The molecular formula is C23H28Cl2N2O2S. The SMILES string of the molecule is C[C@@H](C(=O)NC(C)(C)C)N(Cc1ccccc1)C(=O)CSCc1c(Cl)cccc1Cl. The lowest BCUT2D eigenvalue weighted by atomic mass is 10.1. The molecule has 0 spiro atoms. The summed E-state index contributed by atoms with van der Waals surface area (Å²) >= 11 is 13.9. The van der Waals surface area contributed by atoms with Crippen molar-refractivity contribution >= 4 is 46.8 Å². The molecule has 7 heteroatoms. The molecule has 0 heterocycles. The fraction of sp³-hybridized carbons (Fsp3) is 0.391. The summed E-state index contributed by atoms with van der Waals surface area (Å²) in [6, 6.07) is 14.4. The van der Waals surface area contributed by atoms with Crippen LogP contribution in [-0.4, -0.2) is 34.0 Å². The summed E-state index contributed by atoms with van der Waals surface area (Å²) in [6.07, 6.45) is 0. The first-order valence-electron chi connectivity index (χ1n) is 9.74. The highest BCUT2D eigenvalue weighted by atomic mass is 35.5. The van der Waals surface area contributed by atoms with Gasteiger partial charge in [-0.1, -0.05) is 59.6 Å². The van der Waals surface area contributed by atoms with Crippen LogP contribution < -0.4 is 5.32 Å². The fourth-order valence-corrected chi connectivity index (χ4v) is 4.48. The maximum atomic E-state index is 13.1. The Balaban J connectivity index is 2.10. The molecule has 2 rings (SSSR count). The number of carbonyl (C=O) groups is 2. The van der Waals surface area contributed by atoms with Crippen LogP contribution in [0.2, 0.25) is 10.0 Å². The molecule has 0 fully saturated rings. The van der Waals surface area contributed by atoms with Crippen LogP contribution in [0.15, 0.2) is 48.5 Å². The van der Waals surface area contributed by atoms with E-state index in [-0.39, 0.29) is 23.1 Å². The fourth-order valence-electron chi connectivity index (χ4n) is 2.83. The number of nitrogens with one attached hydrogen (secondary N) is 1. The summed E-state index contributed by atoms with van der Waals surface area (Å²) < 4.78 is 0. The smallest absolute Gasteiger partial charge is 0.242 e. The summed E-state index contributed by atoms with van der Waals surface area (Å²) in [4.78, 5) is 27.4. The number of amides is 2. The van der Waals surface area contributed by atoms with E-state index in [2.05, 4.69) is 5.32 Å². The van der Waals surface area contributed by atoms with Crippen molar-refractivity contribution in [3.8, 4) is 0 Å². The van der Waals surface area contributed by atoms with Gasteiger partial charge in [0, 0.05) is 27.9 Å². The molecule has 0 aromatic heterocycles. The van der Waals surface area contributed by atoms with Crippen LogP contribution in [0.5, 0.6) is 0 Å². The lowest BCUT2D eigenvalue weighted by Crippen LogP contribution is -2.52. The summed E-state index contributed by atoms with van der Waals surface area (Å²) in [7, 11) is 0. The van der Waals surface area contributed by atoms with Crippen LogP contribution in [0, 0.1) is 0 Å². The second-order valence-corrected chi connectivity index (χ2v) is 9.92. The molecule has 2 aromatic rings. The topological polar surface area (TPSA) is 49.4 Å². The van der Waals surface area contributed by atoms with E-state index in [4.69, 9.17) is 23.2 Å². The van der Waals surface area contributed by atoms with Crippen LogP contribution in [0.1, 0.15) is 38.8 Å². The van der Waals surface area contributed by atoms with Crippen molar-refractivity contribution in [1.29, 1.82) is 0 Å². The summed E-state index contributed by atoms with van der Waals surface area (Å²) in [5.74, 6) is 0.461. The van der Waals surface area contributed by atoms with E-state index < -0.39 is 6.04 Å². The van der Waals surface area contributed by atoms with Crippen molar-refractivity contribution in [3.05, 3.63) is 69.7 Å². The molecule has 0 saturated carbocycles. The van der Waals surface area contributed by atoms with Crippen LogP contribution in [0.4, 0.5) is 0 Å². The van der Waals surface area contributed by atoms with E-state index in [9.17, 15) is 9.59 Å². The molecule has 30 heavy (non-hydrogen) atoms. The van der Waals surface area contributed by atoms with Crippen molar-refractivity contribution in [2.24, 2.45) is 0 Å². The minimum atomic E-state index is -0.596. The van der Waals surface area contributed by atoms with Gasteiger partial charge in [0.05, 0.1) is 5.75 Å². The molecule has 2 amide bonds. The zero-order valence-corrected chi connectivity index (χ0v) is 20.1. The molecule has 0 saturated heterocycles. The number of carbonyl (C=O) groups excluding carboxylic acids is 2. The second kappa shape index (κ2) is 11.1. The van der Waals surface area contributed by atoms with Crippen molar-refractivity contribution in [3.63, 3.8) is 0 Å². The van der Waals surface area contributed by atoms with Crippen LogP contribution in [-0.2, 0) is 21.9 Å². The predicted octanol–water partition coefficient (Wildman–Crippen LogP) is 5.56. The third-order valence-electron chi connectivity index (χ3n) is 4.39. The molecule has 0 radical (unpaired) electrons. The van der Waals surface area contributed by atoms with Gasteiger partial charge in [0.2, 0.25) is 11.8 Å². The maximum Gasteiger partial charge on any atom is 0.242 e. The van der Waals surface area contributed by atoms with Crippen LogP contribution in [0.3, 0.4) is 0 Å². The molecule has 0 aliphatic rings. The van der Waals surface area contributed by atoms with Gasteiger partial charge in [-0.05, 0) is 51.0 Å². The van der Waals surface area contributed by atoms with Crippen molar-refractivity contribution < 1.29 is 9.59 Å². The first-order chi connectivity index (χ1) is 14.1. The standard InChI is InChI=1S/C23H28Cl2N2O2S/c1-16(22(29)26-23(2,3)4)27(13-17-9-6-5-7-10-17)21(28)15-30-14-18-19(24)11-8-12-20(18)25/h5-12,16H,13-15H2,1-4H3,(H,26,29)/t16-/m0/s1. The third-order valence-corrected chi connectivity index (χ3v) is 6.05. The van der Waals surface area contributed by atoms with Gasteiger partial charge in [0.15, 0.2) is 0 Å². The molecule has 4 nitrogen and oxygen atoms in total. The number of thioether (sulfide) groups is 1. The highest BCUT2D eigenvalue weighted by Crippen LogP contribution is 2.28. The van der Waals surface area contributed by atoms with Gasteiger partial charge in [-0.3, -0.25) is 9.59 Å². The van der Waals surface area contributed by atoms with Gasteiger partial charge < -0.3 is 10.2 Å². The van der Waals surface area contributed by atoms with Gasteiger partial charge in [0.1, 0.15) is 6.04 Å². The van der Waals surface area contributed by atoms with Gasteiger partial charge in [0.25, 0.3) is 0 Å². The lowest BCUT2D eigenvalue weighted by Gasteiger charge is -2.31. The Kier molecular flexibility index (Phi) is 9.08. The van der Waals surface area contributed by atoms with E-state index in [0.717, 1.165) is 11.1 Å². The van der Waals surface area contributed by atoms with Crippen molar-refractivity contribution in [2.75, 3.05) is 5.75 Å². The first kappa shape index (κ1) is 24.6. The molecule has 162 valence electrons. The first-order valence-corrected chi connectivity index (χ1v) is 11.7. The zero-order chi connectivity index (χ0) is 22.3. The zero-order valence-electron chi connectivity index (χ0n) is 17.7. The molecular weight excluding hydrogens is 439 g/mol. The van der Waals surface area contributed by atoms with E-state index in [1.165, 1.54) is 11.8 Å². The average Bonchev–Trinajstić information content (AvgIpc) is 2.67. The van der Waals surface area contributed by atoms with Crippen molar-refractivity contribution in [1.82, 2.24) is 10.2 Å². The second-order valence-electron chi connectivity index (χ2n) is 8.12. The monoisotopic (exact) mass is 466 g/mol. The molecule has 0 aliphatic heterocycles. The van der Waals surface area contributed by atoms with Gasteiger partial charge in [-0.25, -0.2) is 0 Å².